The van der Waals surface area contributed by atoms with Crippen LogP contribution in [-0.2, 0) is 11.8 Å². The van der Waals surface area contributed by atoms with Crippen molar-refractivity contribution in [1.82, 2.24) is 0 Å². The maximum absolute atomic E-state index is 6.32. The fraction of sp³-hybridized carbons (Fsp3) is 0. The summed E-state index contributed by atoms with van der Waals surface area (Å²) in [7, 11) is 0. The molecule has 0 heterocycles. The van der Waals surface area contributed by atoms with Gasteiger partial charge in [0.2, 0.25) is 0 Å². The Morgan fingerprint density at radius 3 is 2.17 bits per heavy atom. The van der Waals surface area contributed by atoms with Crippen molar-refractivity contribution in [3.05, 3.63) is 95.5 Å². The molecule has 0 fully saturated rings. The third-order valence-corrected chi connectivity index (χ3v) is 11.4. The van der Waals surface area contributed by atoms with Crippen LogP contribution in [0.15, 0.2) is 94.8 Å². The molecular formula is C20H16BrPS2. The van der Waals surface area contributed by atoms with Crippen molar-refractivity contribution in [1.29, 1.82) is 0 Å². The van der Waals surface area contributed by atoms with Crippen molar-refractivity contribution in [2.24, 2.45) is 0 Å². The first kappa shape index (κ1) is 17.7. The largest absolute Gasteiger partial charge is 0.0984 e. The average Bonchev–Trinajstić information content (AvgIpc) is 2.64. The Kier molecular flexibility index (Phi) is 5.78. The quantitative estimate of drug-likeness (QED) is 0.440. The molecule has 0 aliphatic carbocycles. The summed E-state index contributed by atoms with van der Waals surface area (Å²) in [6.07, 6.45) is 1.90. The lowest BCUT2D eigenvalue weighted by atomic mass is 10.2. The highest BCUT2D eigenvalue weighted by Crippen LogP contribution is 2.60. The van der Waals surface area contributed by atoms with Crippen LogP contribution in [0.5, 0.6) is 0 Å². The van der Waals surface area contributed by atoms with Gasteiger partial charge in [0, 0.05) is 14.7 Å². The Bertz CT molecular complexity index is 889. The van der Waals surface area contributed by atoms with Crippen molar-refractivity contribution in [2.75, 3.05) is 0 Å². The minimum absolute atomic E-state index is 1.08. The molecule has 0 aromatic heterocycles. The third-order valence-electron chi connectivity index (χ3n) is 3.62. The second-order valence-electron chi connectivity index (χ2n) is 5.20. The smallest absolute Gasteiger partial charge is 0.0664 e. The molecule has 3 aromatic rings. The predicted molar refractivity (Wildman–Crippen MR) is 117 cm³/mol. The summed E-state index contributed by atoms with van der Waals surface area (Å²) in [5, 5.41) is 0.361. The molecule has 1 unspecified atom stereocenters. The van der Waals surface area contributed by atoms with Gasteiger partial charge in [-0.25, -0.2) is 0 Å². The average molecular weight is 431 g/mol. The number of halogens is 1. The van der Waals surface area contributed by atoms with E-state index in [4.69, 9.17) is 11.8 Å². The van der Waals surface area contributed by atoms with Gasteiger partial charge >= 0.3 is 0 Å². The van der Waals surface area contributed by atoms with Crippen LogP contribution < -0.4 is 10.6 Å². The molecule has 24 heavy (non-hydrogen) atoms. The van der Waals surface area contributed by atoms with Crippen LogP contribution in [0.2, 0.25) is 0 Å². The summed E-state index contributed by atoms with van der Waals surface area (Å²) in [5.74, 6) is 0. The second-order valence-corrected chi connectivity index (χ2v) is 13.4. The van der Waals surface area contributed by atoms with Crippen molar-refractivity contribution < 1.29 is 0 Å². The zero-order valence-electron chi connectivity index (χ0n) is 12.9. The third kappa shape index (κ3) is 3.75. The van der Waals surface area contributed by atoms with E-state index in [0.717, 1.165) is 10.0 Å². The standard InChI is InChI=1S/C20H16BrPS2/c1-2-16-8-6-7-11-20(16)22(23,18-9-4-3-5-10-18)24-19-14-12-17(21)13-15-19/h2-15H,1H2. The second kappa shape index (κ2) is 7.84. The fourth-order valence-corrected chi connectivity index (χ4v) is 9.46. The lowest BCUT2D eigenvalue weighted by Gasteiger charge is -2.24. The summed E-state index contributed by atoms with van der Waals surface area (Å²) < 4.78 is 1.08. The Morgan fingerprint density at radius 2 is 1.50 bits per heavy atom. The summed E-state index contributed by atoms with van der Waals surface area (Å²) in [5.41, 5.74) is 1.12. The van der Waals surface area contributed by atoms with E-state index in [1.165, 1.54) is 15.5 Å². The highest BCUT2D eigenvalue weighted by Gasteiger charge is 2.25. The lowest BCUT2D eigenvalue weighted by molar-refractivity contribution is 1.45. The summed E-state index contributed by atoms with van der Waals surface area (Å²) in [6, 6.07) is 27.2. The molecule has 0 saturated heterocycles. The molecular weight excluding hydrogens is 415 g/mol. The Balaban J connectivity index is 2.16. The van der Waals surface area contributed by atoms with Crippen molar-refractivity contribution >= 4 is 61.0 Å². The number of benzene rings is 3. The summed E-state index contributed by atoms with van der Waals surface area (Å²) >= 11 is 11.6. The first-order valence-corrected chi connectivity index (χ1v) is 12.5. The van der Waals surface area contributed by atoms with Gasteiger partial charge in [-0.05, 0) is 35.1 Å². The number of rotatable bonds is 5. The zero-order valence-corrected chi connectivity index (χ0v) is 17.0. The molecule has 0 aliphatic heterocycles. The fourth-order valence-electron chi connectivity index (χ4n) is 2.44. The normalized spacial score (nSPS) is 13.2. The van der Waals surface area contributed by atoms with Gasteiger partial charge in [-0.15, -0.1) is 0 Å². The van der Waals surface area contributed by atoms with Crippen LogP contribution in [0.1, 0.15) is 5.56 Å². The van der Waals surface area contributed by atoms with Crippen LogP contribution in [0.4, 0.5) is 0 Å². The van der Waals surface area contributed by atoms with E-state index in [2.05, 4.69) is 89.2 Å². The molecule has 0 spiro atoms. The lowest BCUT2D eigenvalue weighted by Crippen LogP contribution is -2.15. The molecule has 0 nitrogen and oxygen atoms in total. The van der Waals surface area contributed by atoms with E-state index in [1.54, 1.807) is 11.4 Å². The molecule has 0 N–H and O–H groups in total. The minimum atomic E-state index is -2.05. The first-order valence-electron chi connectivity index (χ1n) is 7.46. The predicted octanol–water partition coefficient (Wildman–Crippen LogP) is 6.23. The molecule has 3 rings (SSSR count). The molecule has 3 aromatic carbocycles. The molecule has 0 radical (unpaired) electrons. The summed E-state index contributed by atoms with van der Waals surface area (Å²) in [6.45, 7) is 3.97. The van der Waals surface area contributed by atoms with Gasteiger partial charge in [-0.2, -0.15) is 0 Å². The Morgan fingerprint density at radius 1 is 0.875 bits per heavy atom. The van der Waals surface area contributed by atoms with E-state index in [-0.39, 0.29) is 0 Å². The van der Waals surface area contributed by atoms with Crippen molar-refractivity contribution in [3.8, 4) is 0 Å². The maximum atomic E-state index is 6.32. The molecule has 0 saturated carbocycles. The van der Waals surface area contributed by atoms with E-state index in [1.807, 2.05) is 18.2 Å². The van der Waals surface area contributed by atoms with Crippen LogP contribution in [-0.4, -0.2) is 0 Å². The first-order chi connectivity index (χ1) is 11.6. The minimum Gasteiger partial charge on any atom is -0.0984 e. The maximum Gasteiger partial charge on any atom is 0.0664 e. The Labute approximate surface area is 160 Å². The molecule has 120 valence electrons. The molecule has 0 amide bonds. The monoisotopic (exact) mass is 430 g/mol. The number of hydrogen-bond acceptors (Lipinski definition) is 2. The van der Waals surface area contributed by atoms with E-state index >= 15 is 0 Å². The number of hydrogen-bond donors (Lipinski definition) is 0. The topological polar surface area (TPSA) is 0 Å². The van der Waals surface area contributed by atoms with Crippen LogP contribution >= 0.6 is 32.6 Å². The van der Waals surface area contributed by atoms with Crippen LogP contribution in [0, 0.1) is 0 Å². The molecule has 0 bridgehead atoms. The van der Waals surface area contributed by atoms with Gasteiger partial charge in [-0.1, -0.05) is 106 Å². The van der Waals surface area contributed by atoms with Gasteiger partial charge < -0.3 is 0 Å². The van der Waals surface area contributed by atoms with E-state index in [9.17, 15) is 0 Å². The molecule has 1 atom stereocenters. The highest BCUT2D eigenvalue weighted by molar-refractivity contribution is 9.10. The van der Waals surface area contributed by atoms with E-state index in [0.29, 0.717) is 0 Å². The Hall–Kier alpha value is -1.12. The van der Waals surface area contributed by atoms with Gasteiger partial charge in [0.25, 0.3) is 0 Å². The van der Waals surface area contributed by atoms with Crippen molar-refractivity contribution in [3.63, 3.8) is 0 Å². The van der Waals surface area contributed by atoms with Gasteiger partial charge in [0.1, 0.15) is 0 Å². The van der Waals surface area contributed by atoms with Crippen LogP contribution in [0.3, 0.4) is 0 Å². The van der Waals surface area contributed by atoms with Gasteiger partial charge in [0.05, 0.1) is 5.24 Å². The van der Waals surface area contributed by atoms with Crippen LogP contribution in [0.25, 0.3) is 6.08 Å². The van der Waals surface area contributed by atoms with Crippen molar-refractivity contribution in [2.45, 2.75) is 4.90 Å². The summed E-state index contributed by atoms with van der Waals surface area (Å²) in [4.78, 5) is 1.18. The zero-order chi connectivity index (χ0) is 17.0. The van der Waals surface area contributed by atoms with Gasteiger partial charge in [0.15, 0.2) is 0 Å². The molecule has 4 heteroatoms. The SMILES string of the molecule is C=Cc1ccccc1P(=S)(Sc1ccc(Br)cc1)c1ccccc1. The van der Waals surface area contributed by atoms with Gasteiger partial charge in [-0.3, -0.25) is 0 Å². The van der Waals surface area contributed by atoms with E-state index < -0.39 is 5.24 Å². The highest BCUT2D eigenvalue weighted by atomic mass is 79.9. The molecule has 0 aliphatic rings.